The largest absolute Gasteiger partial charge is 0.494 e. The van der Waals surface area contributed by atoms with Crippen molar-refractivity contribution in [3.8, 4) is 17.1 Å². The van der Waals surface area contributed by atoms with Gasteiger partial charge in [0, 0.05) is 11.1 Å². The van der Waals surface area contributed by atoms with Gasteiger partial charge >= 0.3 is 6.18 Å². The van der Waals surface area contributed by atoms with E-state index < -0.39 is 41.0 Å². The molecule has 0 bridgehead atoms. The summed E-state index contributed by atoms with van der Waals surface area (Å²) in [7, 11) is 0. The molecule has 1 aliphatic rings. The summed E-state index contributed by atoms with van der Waals surface area (Å²) in [5.41, 5.74) is -1.73. The van der Waals surface area contributed by atoms with Crippen molar-refractivity contribution in [3.63, 3.8) is 0 Å². The Balaban J connectivity index is 1.82. The summed E-state index contributed by atoms with van der Waals surface area (Å²) >= 11 is 0. The molecule has 0 aliphatic carbocycles. The third-order valence-corrected chi connectivity index (χ3v) is 4.40. The number of nitrogens with one attached hydrogen (secondary N) is 1. The fourth-order valence-electron chi connectivity index (χ4n) is 3.09. The first-order valence-electron chi connectivity index (χ1n) is 7.98. The van der Waals surface area contributed by atoms with E-state index in [1.165, 1.54) is 0 Å². The summed E-state index contributed by atoms with van der Waals surface area (Å²) in [5.74, 6) is -6.17. The summed E-state index contributed by atoms with van der Waals surface area (Å²) in [6, 6.07) is 4.99. The summed E-state index contributed by atoms with van der Waals surface area (Å²) in [6.45, 7) is 0. The molecule has 1 amide bonds. The number of aromatic hydroxyl groups is 1. The number of aromatic amines is 1. The standard InChI is InChI=1S/C19H8F6N2O2/c20-10-5-8(6-11(21)14(10)22)16-13-12(17(28)27-16)15(26-18(13)29)7-1-3-9(4-2-7)19(23,24)25/h1-6,27-28H. The van der Waals surface area contributed by atoms with Gasteiger partial charge in [0.05, 0.1) is 28.1 Å². The van der Waals surface area contributed by atoms with Gasteiger partial charge in [0.1, 0.15) is 0 Å². The van der Waals surface area contributed by atoms with Gasteiger partial charge in [-0.3, -0.25) is 4.79 Å². The normalized spacial score (nSPS) is 13.6. The topological polar surface area (TPSA) is 65.4 Å². The number of hydrogen-bond donors (Lipinski definition) is 2. The Labute approximate surface area is 158 Å². The van der Waals surface area contributed by atoms with E-state index in [2.05, 4.69) is 9.98 Å². The van der Waals surface area contributed by atoms with E-state index >= 15 is 0 Å². The first-order chi connectivity index (χ1) is 13.6. The second-order valence-corrected chi connectivity index (χ2v) is 6.19. The lowest BCUT2D eigenvalue weighted by Gasteiger charge is -2.07. The van der Waals surface area contributed by atoms with Crippen molar-refractivity contribution < 1.29 is 36.2 Å². The average Bonchev–Trinajstić information content (AvgIpc) is 3.17. The van der Waals surface area contributed by atoms with Crippen LogP contribution < -0.4 is 0 Å². The molecular weight excluding hydrogens is 402 g/mol. The van der Waals surface area contributed by atoms with Gasteiger partial charge in [-0.1, -0.05) is 12.1 Å². The molecule has 4 rings (SSSR count). The van der Waals surface area contributed by atoms with Crippen molar-refractivity contribution in [1.29, 1.82) is 0 Å². The highest BCUT2D eigenvalue weighted by Gasteiger charge is 2.35. The van der Waals surface area contributed by atoms with Gasteiger partial charge in [0.2, 0.25) is 0 Å². The number of hydrogen-bond acceptors (Lipinski definition) is 2. The molecule has 29 heavy (non-hydrogen) atoms. The molecule has 10 heteroatoms. The Morgan fingerprint density at radius 1 is 0.897 bits per heavy atom. The first kappa shape index (κ1) is 18.8. The minimum Gasteiger partial charge on any atom is -0.494 e. The van der Waals surface area contributed by atoms with Crippen LogP contribution in [0.2, 0.25) is 0 Å². The Kier molecular flexibility index (Phi) is 4.03. The minimum atomic E-state index is -4.56. The number of benzene rings is 2. The van der Waals surface area contributed by atoms with Crippen molar-refractivity contribution in [2.75, 3.05) is 0 Å². The van der Waals surface area contributed by atoms with Crippen LogP contribution in [-0.2, 0) is 6.18 Å². The molecule has 0 fully saturated rings. The fourth-order valence-corrected chi connectivity index (χ4v) is 3.09. The highest BCUT2D eigenvalue weighted by atomic mass is 19.4. The van der Waals surface area contributed by atoms with Crippen molar-refractivity contribution in [2.45, 2.75) is 6.18 Å². The number of nitrogens with zero attached hydrogens (tertiary/aromatic N) is 1. The van der Waals surface area contributed by atoms with Crippen molar-refractivity contribution >= 4 is 11.6 Å². The van der Waals surface area contributed by atoms with Gasteiger partial charge < -0.3 is 10.1 Å². The number of carbonyl (C=O) groups is 1. The van der Waals surface area contributed by atoms with Gasteiger partial charge in [-0.25, -0.2) is 18.2 Å². The van der Waals surface area contributed by atoms with Crippen LogP contribution >= 0.6 is 0 Å². The average molecular weight is 410 g/mol. The molecule has 3 aromatic rings. The zero-order valence-electron chi connectivity index (χ0n) is 14.0. The lowest BCUT2D eigenvalue weighted by atomic mass is 9.99. The molecule has 0 atom stereocenters. The second-order valence-electron chi connectivity index (χ2n) is 6.19. The van der Waals surface area contributed by atoms with Gasteiger partial charge in [-0.2, -0.15) is 13.2 Å². The van der Waals surface area contributed by atoms with Crippen LogP contribution in [0.4, 0.5) is 26.3 Å². The number of amides is 1. The summed E-state index contributed by atoms with van der Waals surface area (Å²) in [4.78, 5) is 18.5. The fraction of sp³-hybridized carbons (Fsp3) is 0.0526. The molecule has 2 aromatic carbocycles. The Morgan fingerprint density at radius 2 is 1.48 bits per heavy atom. The Hall–Kier alpha value is -3.56. The molecule has 0 unspecified atom stereocenters. The van der Waals surface area contributed by atoms with Crippen LogP contribution in [0.15, 0.2) is 41.4 Å². The van der Waals surface area contributed by atoms with Crippen LogP contribution in [0.25, 0.3) is 11.3 Å². The van der Waals surface area contributed by atoms with Crippen LogP contribution in [0.1, 0.15) is 27.0 Å². The zero-order valence-corrected chi connectivity index (χ0v) is 14.0. The van der Waals surface area contributed by atoms with Crippen LogP contribution in [0, 0.1) is 17.5 Å². The maximum Gasteiger partial charge on any atom is 0.416 e. The molecule has 0 spiro atoms. The van der Waals surface area contributed by atoms with Crippen molar-refractivity contribution in [3.05, 3.63) is 76.1 Å². The first-order valence-corrected chi connectivity index (χ1v) is 7.98. The molecular formula is C19H8F6N2O2. The van der Waals surface area contributed by atoms with Gasteiger partial charge in [0.15, 0.2) is 23.3 Å². The van der Waals surface area contributed by atoms with E-state index in [4.69, 9.17) is 0 Å². The molecule has 0 saturated heterocycles. The lowest BCUT2D eigenvalue weighted by Crippen LogP contribution is -2.06. The summed E-state index contributed by atoms with van der Waals surface area (Å²) in [5, 5.41) is 10.2. The molecule has 148 valence electrons. The molecule has 4 nitrogen and oxygen atoms in total. The predicted octanol–water partition coefficient (Wildman–Crippen LogP) is 4.81. The Bertz CT molecular complexity index is 1170. The van der Waals surface area contributed by atoms with Crippen molar-refractivity contribution in [1.82, 2.24) is 4.98 Å². The second kappa shape index (κ2) is 6.23. The number of H-pyrrole nitrogens is 1. The number of fused-ring (bicyclic) bond motifs is 1. The lowest BCUT2D eigenvalue weighted by molar-refractivity contribution is -0.137. The van der Waals surface area contributed by atoms with E-state index in [1.54, 1.807) is 0 Å². The van der Waals surface area contributed by atoms with Gasteiger partial charge in [0.25, 0.3) is 5.91 Å². The van der Waals surface area contributed by atoms with Crippen LogP contribution in [-0.4, -0.2) is 21.7 Å². The maximum absolute atomic E-state index is 13.6. The van der Waals surface area contributed by atoms with Crippen LogP contribution in [0.5, 0.6) is 5.88 Å². The number of rotatable bonds is 2. The molecule has 1 aliphatic heterocycles. The van der Waals surface area contributed by atoms with Crippen LogP contribution in [0.3, 0.4) is 0 Å². The zero-order chi connectivity index (χ0) is 21.1. The van der Waals surface area contributed by atoms with E-state index in [0.29, 0.717) is 12.1 Å². The number of alkyl halides is 3. The maximum atomic E-state index is 13.6. The number of aliphatic imine (C=N–C) groups is 1. The molecule has 0 saturated carbocycles. The van der Waals surface area contributed by atoms with Crippen molar-refractivity contribution in [2.24, 2.45) is 4.99 Å². The molecule has 0 radical (unpaired) electrons. The monoisotopic (exact) mass is 410 g/mol. The molecule has 2 N–H and O–H groups in total. The molecule has 1 aromatic heterocycles. The number of carbonyl (C=O) groups excluding carboxylic acids is 1. The highest BCUT2D eigenvalue weighted by molar-refractivity contribution is 6.30. The third-order valence-electron chi connectivity index (χ3n) is 4.40. The van der Waals surface area contributed by atoms with E-state index in [1.807, 2.05) is 0 Å². The quantitative estimate of drug-likeness (QED) is 0.470. The smallest absolute Gasteiger partial charge is 0.416 e. The van der Waals surface area contributed by atoms with Gasteiger partial charge in [-0.05, 0) is 24.3 Å². The molecule has 2 heterocycles. The number of aromatic nitrogens is 1. The SMILES string of the molecule is O=C1N=C(c2ccc(C(F)(F)F)cc2)c2c(O)[nH]c(-c3cc(F)c(F)c(F)c3)c21. The van der Waals surface area contributed by atoms with E-state index in [-0.39, 0.29) is 33.7 Å². The van der Waals surface area contributed by atoms with E-state index in [9.17, 15) is 36.2 Å². The highest BCUT2D eigenvalue weighted by Crippen LogP contribution is 2.39. The Morgan fingerprint density at radius 3 is 2.03 bits per heavy atom. The summed E-state index contributed by atoms with van der Waals surface area (Å²) < 4.78 is 78.5. The van der Waals surface area contributed by atoms with E-state index in [0.717, 1.165) is 24.3 Å². The van der Waals surface area contributed by atoms with Gasteiger partial charge in [-0.15, -0.1) is 0 Å². The minimum absolute atomic E-state index is 0.109. The third kappa shape index (κ3) is 2.96. The number of halogens is 6. The summed E-state index contributed by atoms with van der Waals surface area (Å²) in [6.07, 6.45) is -4.56. The predicted molar refractivity (Wildman–Crippen MR) is 89.2 cm³/mol.